The van der Waals surface area contributed by atoms with Gasteiger partial charge in [0.15, 0.2) is 17.3 Å². The van der Waals surface area contributed by atoms with E-state index in [1.54, 1.807) is 18.2 Å². The van der Waals surface area contributed by atoms with Crippen molar-refractivity contribution in [3.63, 3.8) is 0 Å². The molecule has 0 atom stereocenters. The number of aromatic nitrogens is 1. The fourth-order valence-corrected chi connectivity index (χ4v) is 1.93. The lowest BCUT2D eigenvalue weighted by Crippen LogP contribution is -2.06. The lowest BCUT2D eigenvalue weighted by Gasteiger charge is -2.05. The first-order valence-corrected chi connectivity index (χ1v) is 6.67. The molecule has 3 rings (SSSR count). The average Bonchev–Trinajstić information content (AvgIpc) is 3.23. The smallest absolute Gasteiger partial charge is 0.338 e. The molecule has 2 heterocycles. The van der Waals surface area contributed by atoms with Gasteiger partial charge in [-0.2, -0.15) is 0 Å². The normalized spacial score (nSPS) is 10.5. The second kappa shape index (κ2) is 6.35. The van der Waals surface area contributed by atoms with Crippen LogP contribution in [-0.2, 0) is 11.3 Å². The molecule has 0 amide bonds. The SMILES string of the molecule is COc1ccc(C(=O)OCc2cc(-c3ccco3)on2)cc1F. The number of halogens is 1. The molecular weight excluding hydrogens is 305 g/mol. The van der Waals surface area contributed by atoms with Gasteiger partial charge in [-0.15, -0.1) is 0 Å². The first-order valence-electron chi connectivity index (χ1n) is 6.67. The Hall–Kier alpha value is -3.09. The van der Waals surface area contributed by atoms with Crippen LogP contribution in [-0.4, -0.2) is 18.2 Å². The van der Waals surface area contributed by atoms with Gasteiger partial charge in [0.25, 0.3) is 0 Å². The molecule has 0 spiro atoms. The number of carbonyl (C=O) groups is 1. The predicted molar refractivity (Wildman–Crippen MR) is 76.3 cm³/mol. The first kappa shape index (κ1) is 14.8. The standard InChI is InChI=1S/C16H12FNO5/c1-20-13-5-4-10(7-12(13)17)16(19)22-9-11-8-15(23-18-11)14-3-2-6-21-14/h2-8H,9H2,1H3. The van der Waals surface area contributed by atoms with Crippen molar-refractivity contribution in [2.45, 2.75) is 6.61 Å². The molecule has 23 heavy (non-hydrogen) atoms. The van der Waals surface area contributed by atoms with Gasteiger partial charge < -0.3 is 18.4 Å². The number of hydrogen-bond donors (Lipinski definition) is 0. The summed E-state index contributed by atoms with van der Waals surface area (Å²) < 4.78 is 33.7. The number of ether oxygens (including phenoxy) is 2. The largest absolute Gasteiger partial charge is 0.494 e. The van der Waals surface area contributed by atoms with E-state index in [0.717, 1.165) is 6.07 Å². The topological polar surface area (TPSA) is 74.7 Å². The molecular formula is C16H12FNO5. The number of esters is 1. The minimum absolute atomic E-state index is 0.0566. The van der Waals surface area contributed by atoms with Crippen molar-refractivity contribution in [1.29, 1.82) is 0 Å². The van der Waals surface area contributed by atoms with E-state index in [4.69, 9.17) is 18.4 Å². The third-order valence-corrected chi connectivity index (χ3v) is 3.06. The van der Waals surface area contributed by atoms with Gasteiger partial charge in [0, 0.05) is 6.07 Å². The maximum Gasteiger partial charge on any atom is 0.338 e. The van der Waals surface area contributed by atoms with Crippen LogP contribution in [0.1, 0.15) is 16.1 Å². The lowest BCUT2D eigenvalue weighted by molar-refractivity contribution is 0.0463. The lowest BCUT2D eigenvalue weighted by atomic mass is 10.2. The molecule has 0 aliphatic carbocycles. The monoisotopic (exact) mass is 317 g/mol. The Morgan fingerprint density at radius 1 is 1.26 bits per heavy atom. The molecule has 0 saturated heterocycles. The van der Waals surface area contributed by atoms with Crippen LogP contribution in [0.4, 0.5) is 4.39 Å². The molecule has 0 radical (unpaired) electrons. The summed E-state index contributed by atoms with van der Waals surface area (Å²) in [6.07, 6.45) is 1.51. The molecule has 118 valence electrons. The van der Waals surface area contributed by atoms with E-state index in [0.29, 0.717) is 17.2 Å². The summed E-state index contributed by atoms with van der Waals surface area (Å²) in [7, 11) is 1.34. The quantitative estimate of drug-likeness (QED) is 0.671. The van der Waals surface area contributed by atoms with Crippen LogP contribution >= 0.6 is 0 Å². The summed E-state index contributed by atoms with van der Waals surface area (Å²) in [6, 6.07) is 8.86. The van der Waals surface area contributed by atoms with Crippen molar-refractivity contribution in [1.82, 2.24) is 5.16 Å². The molecule has 0 fully saturated rings. The molecule has 1 aromatic carbocycles. The molecule has 0 saturated carbocycles. The van der Waals surface area contributed by atoms with E-state index >= 15 is 0 Å². The minimum Gasteiger partial charge on any atom is -0.494 e. The Morgan fingerprint density at radius 3 is 2.83 bits per heavy atom. The van der Waals surface area contributed by atoms with Crippen LogP contribution in [0, 0.1) is 5.82 Å². The summed E-state index contributed by atoms with van der Waals surface area (Å²) in [6.45, 7) is -0.101. The molecule has 7 heteroatoms. The van der Waals surface area contributed by atoms with Gasteiger partial charge in [0.05, 0.1) is 18.9 Å². The highest BCUT2D eigenvalue weighted by Crippen LogP contribution is 2.21. The number of benzene rings is 1. The van der Waals surface area contributed by atoms with Crippen LogP contribution in [0.2, 0.25) is 0 Å². The van der Waals surface area contributed by atoms with E-state index in [1.807, 2.05) is 0 Å². The van der Waals surface area contributed by atoms with Crippen LogP contribution in [0.15, 0.2) is 51.6 Å². The summed E-state index contributed by atoms with van der Waals surface area (Å²) in [4.78, 5) is 11.9. The predicted octanol–water partition coefficient (Wildman–Crippen LogP) is 3.44. The molecule has 0 N–H and O–H groups in total. The number of furan rings is 1. The Labute approximate surface area is 130 Å². The highest BCUT2D eigenvalue weighted by molar-refractivity contribution is 5.89. The van der Waals surface area contributed by atoms with Gasteiger partial charge in [0.1, 0.15) is 12.3 Å². The molecule has 0 unspecified atom stereocenters. The Kier molecular flexibility index (Phi) is 4.09. The van der Waals surface area contributed by atoms with E-state index in [2.05, 4.69) is 5.16 Å². The van der Waals surface area contributed by atoms with Gasteiger partial charge in [-0.05, 0) is 30.3 Å². The van der Waals surface area contributed by atoms with Gasteiger partial charge in [-0.3, -0.25) is 0 Å². The number of hydrogen-bond acceptors (Lipinski definition) is 6. The first-order chi connectivity index (χ1) is 11.2. The Bertz CT molecular complexity index is 810. The minimum atomic E-state index is -0.672. The van der Waals surface area contributed by atoms with E-state index in [-0.39, 0.29) is 17.9 Å². The molecule has 0 aliphatic rings. The Balaban J connectivity index is 1.64. The van der Waals surface area contributed by atoms with E-state index in [1.165, 1.54) is 25.5 Å². The number of rotatable bonds is 5. The molecule has 3 aromatic rings. The van der Waals surface area contributed by atoms with E-state index < -0.39 is 11.8 Å². The highest BCUT2D eigenvalue weighted by Gasteiger charge is 2.14. The van der Waals surface area contributed by atoms with Crippen molar-refractivity contribution in [2.24, 2.45) is 0 Å². The number of methoxy groups -OCH3 is 1. The zero-order chi connectivity index (χ0) is 16.2. The third kappa shape index (κ3) is 3.23. The van der Waals surface area contributed by atoms with Crippen molar-refractivity contribution < 1.29 is 27.6 Å². The van der Waals surface area contributed by atoms with Gasteiger partial charge in [0.2, 0.25) is 5.76 Å². The third-order valence-electron chi connectivity index (χ3n) is 3.06. The van der Waals surface area contributed by atoms with Crippen molar-refractivity contribution in [3.8, 4) is 17.3 Å². The van der Waals surface area contributed by atoms with Crippen LogP contribution in [0.3, 0.4) is 0 Å². The van der Waals surface area contributed by atoms with Crippen molar-refractivity contribution in [2.75, 3.05) is 7.11 Å². The highest BCUT2D eigenvalue weighted by atomic mass is 19.1. The fraction of sp³-hybridized carbons (Fsp3) is 0.125. The second-order valence-electron chi connectivity index (χ2n) is 4.59. The van der Waals surface area contributed by atoms with Gasteiger partial charge in [-0.1, -0.05) is 5.16 Å². The molecule has 0 aliphatic heterocycles. The maximum absolute atomic E-state index is 13.6. The van der Waals surface area contributed by atoms with Crippen LogP contribution < -0.4 is 4.74 Å². The number of nitrogens with zero attached hydrogens (tertiary/aromatic N) is 1. The maximum atomic E-state index is 13.6. The Morgan fingerprint density at radius 2 is 2.13 bits per heavy atom. The molecule has 0 bridgehead atoms. The van der Waals surface area contributed by atoms with Crippen LogP contribution in [0.25, 0.3) is 11.5 Å². The second-order valence-corrected chi connectivity index (χ2v) is 4.59. The van der Waals surface area contributed by atoms with Gasteiger partial charge >= 0.3 is 5.97 Å². The van der Waals surface area contributed by atoms with Gasteiger partial charge in [-0.25, -0.2) is 9.18 Å². The number of carbonyl (C=O) groups excluding carboxylic acids is 1. The van der Waals surface area contributed by atoms with Crippen LogP contribution in [0.5, 0.6) is 5.75 Å². The van der Waals surface area contributed by atoms with E-state index in [9.17, 15) is 9.18 Å². The molecule has 2 aromatic heterocycles. The summed E-state index contributed by atoms with van der Waals surface area (Å²) in [5.41, 5.74) is 0.497. The van der Waals surface area contributed by atoms with Crippen molar-refractivity contribution in [3.05, 3.63) is 59.7 Å². The average molecular weight is 317 g/mol. The van der Waals surface area contributed by atoms with Crippen molar-refractivity contribution >= 4 is 5.97 Å². The fourth-order valence-electron chi connectivity index (χ4n) is 1.93. The summed E-state index contributed by atoms with van der Waals surface area (Å²) in [5, 5.41) is 3.78. The zero-order valence-electron chi connectivity index (χ0n) is 12.1. The molecule has 6 nitrogen and oxygen atoms in total. The summed E-state index contributed by atoms with van der Waals surface area (Å²) in [5.74, 6) is -0.303. The zero-order valence-corrected chi connectivity index (χ0v) is 12.1. The summed E-state index contributed by atoms with van der Waals surface area (Å²) >= 11 is 0.